The molecule has 7 nitrogen and oxygen atoms in total. The highest BCUT2D eigenvalue weighted by molar-refractivity contribution is 6.01. The highest BCUT2D eigenvalue weighted by Gasteiger charge is 2.22. The van der Waals surface area contributed by atoms with Crippen molar-refractivity contribution < 1.29 is 19.1 Å². The van der Waals surface area contributed by atoms with Crippen LogP contribution in [-0.2, 0) is 16.6 Å². The van der Waals surface area contributed by atoms with Crippen molar-refractivity contribution in [3.05, 3.63) is 40.7 Å². The van der Waals surface area contributed by atoms with Gasteiger partial charge in [0.05, 0.1) is 18.5 Å². The summed E-state index contributed by atoms with van der Waals surface area (Å²) in [6, 6.07) is 5.74. The highest BCUT2D eigenvalue weighted by Crippen LogP contribution is 2.21. The van der Waals surface area contributed by atoms with E-state index >= 15 is 0 Å². The number of hydrogen-bond donors (Lipinski definition) is 1. The Morgan fingerprint density at radius 2 is 1.79 bits per heavy atom. The van der Waals surface area contributed by atoms with Crippen LogP contribution in [0.25, 0.3) is 0 Å². The van der Waals surface area contributed by atoms with E-state index in [9.17, 15) is 9.59 Å². The number of nitrogens with one attached hydrogen (secondary N) is 1. The fourth-order valence-electron chi connectivity index (χ4n) is 2.48. The lowest BCUT2D eigenvalue weighted by Crippen LogP contribution is -2.22. The van der Waals surface area contributed by atoms with Crippen molar-refractivity contribution in [3.63, 3.8) is 0 Å². The SMILES string of the molecule is COC(=O)c1c(NC(=O)COc2cc(C)cc(C)c2)c(C)nn1C. The van der Waals surface area contributed by atoms with E-state index in [2.05, 4.69) is 10.4 Å². The Labute approximate surface area is 140 Å². The lowest BCUT2D eigenvalue weighted by atomic mass is 10.1. The van der Waals surface area contributed by atoms with E-state index in [0.29, 0.717) is 17.1 Å². The van der Waals surface area contributed by atoms with Crippen LogP contribution in [0.1, 0.15) is 27.3 Å². The molecule has 1 amide bonds. The number of aryl methyl sites for hydroxylation is 4. The number of nitrogens with zero attached hydrogens (tertiary/aromatic N) is 2. The third kappa shape index (κ3) is 3.92. The number of amides is 1. The molecule has 1 N–H and O–H groups in total. The summed E-state index contributed by atoms with van der Waals surface area (Å²) in [6.45, 7) is 5.45. The second-order valence-electron chi connectivity index (χ2n) is 5.58. The van der Waals surface area contributed by atoms with Gasteiger partial charge in [-0.15, -0.1) is 0 Å². The lowest BCUT2D eigenvalue weighted by Gasteiger charge is -2.10. The minimum atomic E-state index is -0.566. The average molecular weight is 331 g/mol. The van der Waals surface area contributed by atoms with E-state index in [-0.39, 0.29) is 18.2 Å². The lowest BCUT2D eigenvalue weighted by molar-refractivity contribution is -0.118. The molecule has 0 fully saturated rings. The standard InChI is InChI=1S/C17H21N3O4/c1-10-6-11(2)8-13(7-10)24-9-14(21)18-15-12(3)19-20(4)16(15)17(22)23-5/h6-8H,9H2,1-5H3,(H,18,21). The van der Waals surface area contributed by atoms with Crippen LogP contribution in [-0.4, -0.2) is 35.4 Å². The molecule has 1 aromatic heterocycles. The number of rotatable bonds is 5. The summed E-state index contributed by atoms with van der Waals surface area (Å²) in [4.78, 5) is 24.0. The number of aromatic nitrogens is 2. The van der Waals surface area contributed by atoms with Crippen LogP contribution in [0.3, 0.4) is 0 Å². The molecule has 0 saturated carbocycles. The first-order chi connectivity index (χ1) is 11.3. The third-order valence-corrected chi connectivity index (χ3v) is 3.43. The summed E-state index contributed by atoms with van der Waals surface area (Å²) in [5.41, 5.74) is 3.16. The van der Waals surface area contributed by atoms with Crippen LogP contribution in [0.15, 0.2) is 18.2 Å². The number of carbonyl (C=O) groups is 2. The maximum absolute atomic E-state index is 12.2. The summed E-state index contributed by atoms with van der Waals surface area (Å²) in [5, 5.41) is 6.80. The largest absolute Gasteiger partial charge is 0.484 e. The molecule has 0 saturated heterocycles. The minimum absolute atomic E-state index is 0.169. The normalized spacial score (nSPS) is 10.4. The van der Waals surface area contributed by atoms with E-state index in [4.69, 9.17) is 9.47 Å². The predicted molar refractivity (Wildman–Crippen MR) is 89.3 cm³/mol. The molecule has 0 aliphatic carbocycles. The van der Waals surface area contributed by atoms with Gasteiger partial charge in [-0.2, -0.15) is 5.10 Å². The smallest absolute Gasteiger partial charge is 0.358 e. The first-order valence-corrected chi connectivity index (χ1v) is 7.44. The molecule has 24 heavy (non-hydrogen) atoms. The first kappa shape index (κ1) is 17.5. The second-order valence-corrected chi connectivity index (χ2v) is 5.58. The molecule has 7 heteroatoms. The van der Waals surface area contributed by atoms with Gasteiger partial charge in [-0.1, -0.05) is 6.07 Å². The molecular weight excluding hydrogens is 310 g/mol. The molecule has 0 aliphatic rings. The molecular formula is C17H21N3O4. The molecule has 0 unspecified atom stereocenters. The van der Waals surface area contributed by atoms with Crippen LogP contribution in [0.4, 0.5) is 5.69 Å². The summed E-state index contributed by atoms with van der Waals surface area (Å²) in [7, 11) is 2.89. The number of anilines is 1. The van der Waals surface area contributed by atoms with E-state index in [0.717, 1.165) is 11.1 Å². The number of carbonyl (C=O) groups excluding carboxylic acids is 2. The van der Waals surface area contributed by atoms with Gasteiger partial charge in [0, 0.05) is 7.05 Å². The maximum Gasteiger partial charge on any atom is 0.358 e. The van der Waals surface area contributed by atoms with Gasteiger partial charge in [0.25, 0.3) is 5.91 Å². The van der Waals surface area contributed by atoms with Gasteiger partial charge >= 0.3 is 5.97 Å². The molecule has 0 bridgehead atoms. The van der Waals surface area contributed by atoms with Crippen molar-refractivity contribution in [3.8, 4) is 5.75 Å². The van der Waals surface area contributed by atoms with Gasteiger partial charge < -0.3 is 14.8 Å². The molecule has 1 heterocycles. The van der Waals surface area contributed by atoms with E-state index in [1.807, 2.05) is 32.0 Å². The number of hydrogen-bond acceptors (Lipinski definition) is 5. The van der Waals surface area contributed by atoms with Gasteiger partial charge in [-0.25, -0.2) is 4.79 Å². The van der Waals surface area contributed by atoms with Crippen molar-refractivity contribution >= 4 is 17.6 Å². The first-order valence-electron chi connectivity index (χ1n) is 7.44. The fourth-order valence-corrected chi connectivity index (χ4v) is 2.48. The monoisotopic (exact) mass is 331 g/mol. The Morgan fingerprint density at radius 3 is 2.38 bits per heavy atom. The molecule has 0 spiro atoms. The summed E-state index contributed by atoms with van der Waals surface area (Å²) in [5.74, 6) is -0.321. The second kappa shape index (κ2) is 7.16. The number of methoxy groups -OCH3 is 1. The molecule has 2 rings (SSSR count). The molecule has 0 atom stereocenters. The number of benzene rings is 1. The van der Waals surface area contributed by atoms with Gasteiger partial charge in [-0.05, 0) is 44.0 Å². The van der Waals surface area contributed by atoms with E-state index in [1.165, 1.54) is 11.8 Å². The van der Waals surface area contributed by atoms with Crippen LogP contribution in [0, 0.1) is 20.8 Å². The highest BCUT2D eigenvalue weighted by atomic mass is 16.5. The Morgan fingerprint density at radius 1 is 1.17 bits per heavy atom. The fraction of sp³-hybridized carbons (Fsp3) is 0.353. The van der Waals surface area contributed by atoms with E-state index in [1.54, 1.807) is 14.0 Å². The Bertz CT molecular complexity index is 760. The predicted octanol–water partition coefficient (Wildman–Crippen LogP) is 2.15. The van der Waals surface area contributed by atoms with Crippen molar-refractivity contribution in [2.45, 2.75) is 20.8 Å². The zero-order chi connectivity index (χ0) is 17.9. The van der Waals surface area contributed by atoms with Crippen LogP contribution < -0.4 is 10.1 Å². The Hall–Kier alpha value is -2.83. The van der Waals surface area contributed by atoms with Crippen molar-refractivity contribution in [1.29, 1.82) is 0 Å². The molecule has 0 radical (unpaired) electrons. The van der Waals surface area contributed by atoms with Crippen molar-refractivity contribution in [1.82, 2.24) is 9.78 Å². The van der Waals surface area contributed by atoms with Gasteiger partial charge in [-0.3, -0.25) is 9.48 Å². The van der Waals surface area contributed by atoms with Crippen LogP contribution in [0.5, 0.6) is 5.75 Å². The Balaban J connectivity index is 2.09. The molecule has 128 valence electrons. The summed E-state index contributed by atoms with van der Waals surface area (Å²) >= 11 is 0. The van der Waals surface area contributed by atoms with Crippen molar-refractivity contribution in [2.75, 3.05) is 19.0 Å². The zero-order valence-electron chi connectivity index (χ0n) is 14.5. The maximum atomic E-state index is 12.2. The van der Waals surface area contributed by atoms with Gasteiger partial charge in [0.15, 0.2) is 12.3 Å². The molecule has 0 aliphatic heterocycles. The zero-order valence-corrected chi connectivity index (χ0v) is 14.5. The van der Waals surface area contributed by atoms with E-state index < -0.39 is 5.97 Å². The minimum Gasteiger partial charge on any atom is -0.484 e. The number of ether oxygens (including phenoxy) is 2. The summed E-state index contributed by atoms with van der Waals surface area (Å²) < 4.78 is 11.6. The Kier molecular flexibility index (Phi) is 5.23. The average Bonchev–Trinajstić information content (AvgIpc) is 2.77. The quantitative estimate of drug-likeness (QED) is 0.849. The van der Waals surface area contributed by atoms with Crippen LogP contribution >= 0.6 is 0 Å². The van der Waals surface area contributed by atoms with Gasteiger partial charge in [0.2, 0.25) is 0 Å². The molecule has 1 aromatic carbocycles. The molecule has 2 aromatic rings. The summed E-state index contributed by atoms with van der Waals surface area (Å²) in [6.07, 6.45) is 0. The topological polar surface area (TPSA) is 82.4 Å². The van der Waals surface area contributed by atoms with Crippen LogP contribution in [0.2, 0.25) is 0 Å². The van der Waals surface area contributed by atoms with Crippen molar-refractivity contribution in [2.24, 2.45) is 7.05 Å². The third-order valence-electron chi connectivity index (χ3n) is 3.43. The van der Waals surface area contributed by atoms with Gasteiger partial charge in [0.1, 0.15) is 5.75 Å². The number of esters is 1.